The molecule has 0 spiro atoms. The quantitative estimate of drug-likeness (QED) is 0.472. The molecule has 1 unspecified atom stereocenters. The normalized spacial score (nSPS) is 18.7. The van der Waals surface area contributed by atoms with E-state index in [0.717, 1.165) is 31.6 Å². The van der Waals surface area contributed by atoms with Crippen molar-refractivity contribution in [1.29, 1.82) is 0 Å². The van der Waals surface area contributed by atoms with E-state index in [1.807, 2.05) is 7.05 Å². The molecule has 3 N–H and O–H groups in total. The van der Waals surface area contributed by atoms with E-state index in [4.69, 9.17) is 10.6 Å². The van der Waals surface area contributed by atoms with Crippen LogP contribution in [0, 0.1) is 10.1 Å². The average molecular weight is 294 g/mol. The Kier molecular flexibility index (Phi) is 5.49. The summed E-state index contributed by atoms with van der Waals surface area (Å²) in [5.74, 6) is 5.35. The van der Waals surface area contributed by atoms with E-state index in [1.165, 1.54) is 12.5 Å². The first-order chi connectivity index (χ1) is 10.1. The van der Waals surface area contributed by atoms with Crippen molar-refractivity contribution in [2.24, 2.45) is 5.84 Å². The molecule has 0 aliphatic carbocycles. The molecule has 7 nitrogen and oxygen atoms in total. The summed E-state index contributed by atoms with van der Waals surface area (Å²) in [6.07, 6.45) is 3.75. The van der Waals surface area contributed by atoms with E-state index >= 15 is 0 Å². The van der Waals surface area contributed by atoms with E-state index in [-0.39, 0.29) is 11.8 Å². The third-order valence-corrected chi connectivity index (χ3v) is 3.65. The van der Waals surface area contributed by atoms with Gasteiger partial charge in [-0.2, -0.15) is 0 Å². The molecular formula is C14H22N4O3. The van der Waals surface area contributed by atoms with Gasteiger partial charge in [0.05, 0.1) is 11.0 Å². The lowest BCUT2D eigenvalue weighted by atomic mass is 10.1. The Balaban J connectivity index is 1.96. The first kappa shape index (κ1) is 15.7. The van der Waals surface area contributed by atoms with Crippen molar-refractivity contribution in [2.45, 2.75) is 31.9 Å². The maximum Gasteiger partial charge on any atom is 0.293 e. The Morgan fingerprint density at radius 2 is 2.33 bits per heavy atom. The third kappa shape index (κ3) is 4.38. The van der Waals surface area contributed by atoms with Crippen LogP contribution in [-0.4, -0.2) is 36.1 Å². The lowest BCUT2D eigenvalue weighted by Crippen LogP contribution is -2.33. The molecule has 1 saturated heterocycles. The number of ether oxygens (including phenoxy) is 1. The second-order valence-electron chi connectivity index (χ2n) is 5.44. The zero-order valence-electron chi connectivity index (χ0n) is 12.2. The Hall–Kier alpha value is -1.70. The second-order valence-corrected chi connectivity index (χ2v) is 5.44. The molecule has 0 amide bonds. The van der Waals surface area contributed by atoms with Gasteiger partial charge in [-0.05, 0) is 37.9 Å². The summed E-state index contributed by atoms with van der Waals surface area (Å²) in [7, 11) is 2.02. The third-order valence-electron chi connectivity index (χ3n) is 3.65. The Morgan fingerprint density at radius 3 is 2.95 bits per heavy atom. The molecule has 1 atom stereocenters. The maximum atomic E-state index is 10.9. The predicted molar refractivity (Wildman–Crippen MR) is 80.8 cm³/mol. The monoisotopic (exact) mass is 294 g/mol. The number of nitrogen functional groups attached to an aromatic ring is 1. The van der Waals surface area contributed by atoms with Gasteiger partial charge in [0, 0.05) is 25.8 Å². The van der Waals surface area contributed by atoms with Crippen molar-refractivity contribution in [1.82, 2.24) is 4.90 Å². The van der Waals surface area contributed by atoms with Crippen LogP contribution >= 0.6 is 0 Å². The average Bonchev–Trinajstić information content (AvgIpc) is 2.47. The number of nitrogens with zero attached hydrogens (tertiary/aromatic N) is 2. The fourth-order valence-corrected chi connectivity index (χ4v) is 2.63. The maximum absolute atomic E-state index is 10.9. The molecule has 0 bridgehead atoms. The fraction of sp³-hybridized carbons (Fsp3) is 0.571. The van der Waals surface area contributed by atoms with Gasteiger partial charge < -0.3 is 10.2 Å². The van der Waals surface area contributed by atoms with Gasteiger partial charge >= 0.3 is 0 Å². The Labute approximate surface area is 124 Å². The van der Waals surface area contributed by atoms with Gasteiger partial charge in [0.15, 0.2) is 0 Å². The summed E-state index contributed by atoms with van der Waals surface area (Å²) in [6, 6.07) is 4.96. The predicted octanol–water partition coefficient (Wildman–Crippen LogP) is 1.88. The summed E-state index contributed by atoms with van der Waals surface area (Å²) < 4.78 is 5.72. The van der Waals surface area contributed by atoms with Crippen molar-refractivity contribution >= 4 is 11.4 Å². The minimum atomic E-state index is -0.446. The number of benzene rings is 1. The molecule has 7 heteroatoms. The number of nitrogens with two attached hydrogens (primary N) is 1. The first-order valence-corrected chi connectivity index (χ1v) is 7.14. The van der Waals surface area contributed by atoms with E-state index in [9.17, 15) is 10.1 Å². The molecular weight excluding hydrogens is 272 g/mol. The summed E-state index contributed by atoms with van der Waals surface area (Å²) in [6.45, 7) is 2.41. The first-order valence-electron chi connectivity index (χ1n) is 7.14. The van der Waals surface area contributed by atoms with Crippen LogP contribution in [0.2, 0.25) is 0 Å². The van der Waals surface area contributed by atoms with E-state index in [0.29, 0.717) is 12.2 Å². The number of nitro benzene ring substituents is 1. The molecule has 0 radical (unpaired) electrons. The number of nitro groups is 1. The van der Waals surface area contributed by atoms with Gasteiger partial charge in [-0.1, -0.05) is 6.07 Å². The highest BCUT2D eigenvalue weighted by atomic mass is 16.6. The van der Waals surface area contributed by atoms with Crippen LogP contribution in [-0.2, 0) is 11.3 Å². The summed E-state index contributed by atoms with van der Waals surface area (Å²) in [5.41, 5.74) is 3.68. The number of hydrogen-bond acceptors (Lipinski definition) is 6. The largest absolute Gasteiger partial charge is 0.377 e. The summed E-state index contributed by atoms with van der Waals surface area (Å²) >= 11 is 0. The van der Waals surface area contributed by atoms with Crippen molar-refractivity contribution in [3.63, 3.8) is 0 Å². The zero-order valence-corrected chi connectivity index (χ0v) is 12.2. The van der Waals surface area contributed by atoms with E-state index in [2.05, 4.69) is 10.3 Å². The Bertz CT molecular complexity index is 489. The van der Waals surface area contributed by atoms with Crippen LogP contribution in [0.3, 0.4) is 0 Å². The highest BCUT2D eigenvalue weighted by Gasteiger charge is 2.17. The molecule has 0 saturated carbocycles. The standard InChI is InChI=1S/C14H22N4O3/c1-17(10-12-4-2-3-7-21-12)9-11-5-6-14(18(19)20)13(8-11)16-15/h5-6,8,12,16H,2-4,7,9-10,15H2,1H3. The highest BCUT2D eigenvalue weighted by molar-refractivity contribution is 5.62. The van der Waals surface area contributed by atoms with Crippen molar-refractivity contribution in [2.75, 3.05) is 25.6 Å². The van der Waals surface area contributed by atoms with Gasteiger partial charge in [-0.25, -0.2) is 0 Å². The van der Waals surface area contributed by atoms with Gasteiger partial charge in [-0.3, -0.25) is 20.9 Å². The second kappa shape index (κ2) is 7.35. The topological polar surface area (TPSA) is 93.7 Å². The smallest absolute Gasteiger partial charge is 0.293 e. The fourth-order valence-electron chi connectivity index (χ4n) is 2.63. The Morgan fingerprint density at radius 1 is 1.52 bits per heavy atom. The minimum absolute atomic E-state index is 0.0143. The van der Waals surface area contributed by atoms with Gasteiger partial charge in [0.25, 0.3) is 5.69 Å². The van der Waals surface area contributed by atoms with E-state index < -0.39 is 4.92 Å². The number of hydrogen-bond donors (Lipinski definition) is 2. The van der Waals surface area contributed by atoms with Crippen LogP contribution in [0.25, 0.3) is 0 Å². The molecule has 116 valence electrons. The number of nitrogens with one attached hydrogen (secondary N) is 1. The molecule has 1 aliphatic heterocycles. The molecule has 1 aliphatic rings. The van der Waals surface area contributed by atoms with Gasteiger partial charge in [0.2, 0.25) is 0 Å². The molecule has 1 heterocycles. The van der Waals surface area contributed by atoms with Crippen molar-refractivity contribution < 1.29 is 9.66 Å². The number of hydrazine groups is 1. The molecule has 0 aromatic heterocycles. The highest BCUT2D eigenvalue weighted by Crippen LogP contribution is 2.25. The van der Waals surface area contributed by atoms with Gasteiger partial charge in [-0.15, -0.1) is 0 Å². The lowest BCUT2D eigenvalue weighted by Gasteiger charge is -2.27. The van der Waals surface area contributed by atoms with Crippen LogP contribution in [0.1, 0.15) is 24.8 Å². The van der Waals surface area contributed by atoms with E-state index in [1.54, 1.807) is 12.1 Å². The van der Waals surface area contributed by atoms with Crippen molar-refractivity contribution in [3.8, 4) is 0 Å². The number of rotatable bonds is 6. The van der Waals surface area contributed by atoms with Crippen LogP contribution in [0.5, 0.6) is 0 Å². The minimum Gasteiger partial charge on any atom is -0.377 e. The number of likely N-dealkylation sites (N-methyl/N-ethyl adjacent to an activating group) is 1. The molecule has 21 heavy (non-hydrogen) atoms. The SMILES string of the molecule is CN(Cc1ccc([N+](=O)[O-])c(NN)c1)CC1CCCCO1. The van der Waals surface area contributed by atoms with Crippen LogP contribution in [0.4, 0.5) is 11.4 Å². The molecule has 1 fully saturated rings. The van der Waals surface area contributed by atoms with Crippen LogP contribution < -0.4 is 11.3 Å². The van der Waals surface area contributed by atoms with Gasteiger partial charge in [0.1, 0.15) is 5.69 Å². The number of anilines is 1. The van der Waals surface area contributed by atoms with Crippen molar-refractivity contribution in [3.05, 3.63) is 33.9 Å². The molecule has 1 aromatic carbocycles. The summed E-state index contributed by atoms with van der Waals surface area (Å²) in [5, 5.41) is 10.9. The van der Waals surface area contributed by atoms with Crippen LogP contribution in [0.15, 0.2) is 18.2 Å². The molecule has 2 rings (SSSR count). The molecule has 1 aromatic rings. The lowest BCUT2D eigenvalue weighted by molar-refractivity contribution is -0.384. The zero-order chi connectivity index (χ0) is 15.2. The summed E-state index contributed by atoms with van der Waals surface area (Å²) in [4.78, 5) is 12.6.